The predicted molar refractivity (Wildman–Crippen MR) is 77.4 cm³/mol. The van der Waals surface area contributed by atoms with E-state index in [2.05, 4.69) is 30.9 Å². The molecule has 0 radical (unpaired) electrons. The van der Waals surface area contributed by atoms with Crippen molar-refractivity contribution in [1.29, 1.82) is 0 Å². The molecule has 4 unspecified atom stereocenters. The highest BCUT2D eigenvalue weighted by Gasteiger charge is 2.37. The van der Waals surface area contributed by atoms with Crippen LogP contribution in [-0.4, -0.2) is 24.2 Å². The lowest BCUT2D eigenvalue weighted by Crippen LogP contribution is -2.50. The van der Waals surface area contributed by atoms with Gasteiger partial charge in [0.25, 0.3) is 0 Å². The fraction of sp³-hybridized carbons (Fsp3) is 0.571. The molecular weight excluding hydrogens is 224 g/mol. The Morgan fingerprint density at radius 2 is 1.44 bits per heavy atom. The van der Waals surface area contributed by atoms with Crippen LogP contribution in [0.5, 0.6) is 0 Å². The van der Waals surface area contributed by atoms with Crippen LogP contribution in [0.3, 0.4) is 0 Å². The molecule has 100 valence electrons. The zero-order chi connectivity index (χ0) is 13.3. The number of rotatable bonds is 3. The number of benzene rings is 1. The molecule has 4 heteroatoms. The molecule has 0 amide bonds. The second-order valence-electron chi connectivity index (χ2n) is 5.43. The Hall–Kier alpha value is -1.26. The van der Waals surface area contributed by atoms with Gasteiger partial charge in [0, 0.05) is 35.5 Å². The minimum Gasteiger partial charge on any atom is -0.399 e. The minimum absolute atomic E-state index is 0.145. The standard InChI is InChI=1S/C14H24N4/c1-9(15)13-7-8-14(10(2)16)18(13)12-5-3-11(17)4-6-12/h3-6,9-10,13-14H,7-8,15-17H2,1-2H3. The van der Waals surface area contributed by atoms with Crippen LogP contribution in [-0.2, 0) is 0 Å². The molecule has 0 bridgehead atoms. The SMILES string of the molecule is CC(N)C1CCC(C(C)N)N1c1ccc(N)cc1. The molecule has 1 saturated heterocycles. The summed E-state index contributed by atoms with van der Waals surface area (Å²) in [5, 5.41) is 0. The van der Waals surface area contributed by atoms with Crippen molar-refractivity contribution in [2.45, 2.75) is 50.9 Å². The first-order chi connectivity index (χ1) is 8.50. The summed E-state index contributed by atoms with van der Waals surface area (Å²) in [4.78, 5) is 2.38. The van der Waals surface area contributed by atoms with Gasteiger partial charge in [0.05, 0.1) is 0 Å². The van der Waals surface area contributed by atoms with Crippen molar-refractivity contribution in [3.8, 4) is 0 Å². The summed E-state index contributed by atoms with van der Waals surface area (Å²) in [5.41, 5.74) is 19.9. The first-order valence-electron chi connectivity index (χ1n) is 6.65. The smallest absolute Gasteiger partial charge is 0.0442 e. The first kappa shape index (κ1) is 13.2. The van der Waals surface area contributed by atoms with E-state index in [1.807, 2.05) is 12.1 Å². The lowest BCUT2D eigenvalue weighted by Gasteiger charge is -2.36. The predicted octanol–water partition coefficient (Wildman–Crippen LogP) is 1.30. The summed E-state index contributed by atoms with van der Waals surface area (Å²) in [6.07, 6.45) is 2.21. The van der Waals surface area contributed by atoms with Gasteiger partial charge < -0.3 is 22.1 Å². The van der Waals surface area contributed by atoms with Crippen molar-refractivity contribution in [3.63, 3.8) is 0 Å². The molecule has 0 saturated carbocycles. The van der Waals surface area contributed by atoms with Gasteiger partial charge in [-0.15, -0.1) is 0 Å². The molecule has 0 aliphatic carbocycles. The van der Waals surface area contributed by atoms with Gasteiger partial charge >= 0.3 is 0 Å². The maximum Gasteiger partial charge on any atom is 0.0442 e. The van der Waals surface area contributed by atoms with E-state index in [4.69, 9.17) is 17.2 Å². The minimum atomic E-state index is 0.145. The molecule has 1 fully saturated rings. The summed E-state index contributed by atoms with van der Waals surface area (Å²) >= 11 is 0. The molecule has 2 rings (SSSR count). The Kier molecular flexibility index (Phi) is 3.78. The normalized spacial score (nSPS) is 27.2. The summed E-state index contributed by atoms with van der Waals surface area (Å²) in [6, 6.07) is 9.01. The van der Waals surface area contributed by atoms with Crippen LogP contribution in [0.2, 0.25) is 0 Å². The van der Waals surface area contributed by atoms with Gasteiger partial charge in [-0.2, -0.15) is 0 Å². The molecule has 4 nitrogen and oxygen atoms in total. The summed E-state index contributed by atoms with van der Waals surface area (Å²) in [6.45, 7) is 4.14. The zero-order valence-corrected chi connectivity index (χ0v) is 11.2. The molecule has 6 N–H and O–H groups in total. The van der Waals surface area contributed by atoms with Crippen molar-refractivity contribution in [1.82, 2.24) is 0 Å². The van der Waals surface area contributed by atoms with Gasteiger partial charge in [-0.05, 0) is 51.0 Å². The molecule has 1 heterocycles. The summed E-state index contributed by atoms with van der Waals surface area (Å²) < 4.78 is 0. The summed E-state index contributed by atoms with van der Waals surface area (Å²) in [7, 11) is 0. The van der Waals surface area contributed by atoms with E-state index in [0.717, 1.165) is 18.5 Å². The molecule has 1 aromatic carbocycles. The molecule has 4 atom stereocenters. The highest BCUT2D eigenvalue weighted by molar-refractivity contribution is 5.55. The second-order valence-corrected chi connectivity index (χ2v) is 5.43. The van der Waals surface area contributed by atoms with Crippen LogP contribution in [0.4, 0.5) is 11.4 Å². The van der Waals surface area contributed by atoms with Crippen molar-refractivity contribution in [3.05, 3.63) is 24.3 Å². The van der Waals surface area contributed by atoms with Crippen molar-refractivity contribution in [2.24, 2.45) is 11.5 Å². The monoisotopic (exact) mass is 248 g/mol. The third-order valence-corrected chi connectivity index (χ3v) is 3.88. The van der Waals surface area contributed by atoms with Crippen LogP contribution in [0, 0.1) is 0 Å². The van der Waals surface area contributed by atoms with E-state index in [1.165, 1.54) is 5.69 Å². The summed E-state index contributed by atoms with van der Waals surface area (Å²) in [5.74, 6) is 0. The van der Waals surface area contributed by atoms with Crippen molar-refractivity contribution >= 4 is 11.4 Å². The van der Waals surface area contributed by atoms with Crippen LogP contribution in [0.1, 0.15) is 26.7 Å². The number of hydrogen-bond donors (Lipinski definition) is 3. The highest BCUT2D eigenvalue weighted by atomic mass is 15.2. The van der Waals surface area contributed by atoms with E-state index in [9.17, 15) is 0 Å². The largest absolute Gasteiger partial charge is 0.399 e. The number of hydrogen-bond acceptors (Lipinski definition) is 4. The Bertz CT molecular complexity index is 369. The number of nitrogens with zero attached hydrogens (tertiary/aromatic N) is 1. The first-order valence-corrected chi connectivity index (χ1v) is 6.65. The van der Waals surface area contributed by atoms with Crippen molar-refractivity contribution in [2.75, 3.05) is 10.6 Å². The van der Waals surface area contributed by atoms with Gasteiger partial charge in [-0.1, -0.05) is 0 Å². The van der Waals surface area contributed by atoms with Gasteiger partial charge in [0.2, 0.25) is 0 Å². The molecule has 1 aliphatic rings. The molecule has 18 heavy (non-hydrogen) atoms. The fourth-order valence-corrected chi connectivity index (χ4v) is 2.93. The maximum atomic E-state index is 6.11. The molecule has 0 aromatic heterocycles. The average Bonchev–Trinajstić information content (AvgIpc) is 2.74. The average molecular weight is 248 g/mol. The third kappa shape index (κ3) is 2.44. The Balaban J connectivity index is 2.31. The van der Waals surface area contributed by atoms with E-state index in [0.29, 0.717) is 12.1 Å². The van der Waals surface area contributed by atoms with Gasteiger partial charge in [-0.3, -0.25) is 0 Å². The topological polar surface area (TPSA) is 81.3 Å². The Morgan fingerprint density at radius 1 is 1.00 bits per heavy atom. The molecular formula is C14H24N4. The van der Waals surface area contributed by atoms with Crippen LogP contribution in [0.15, 0.2) is 24.3 Å². The van der Waals surface area contributed by atoms with E-state index in [-0.39, 0.29) is 12.1 Å². The quantitative estimate of drug-likeness (QED) is 0.704. The van der Waals surface area contributed by atoms with Crippen LogP contribution in [0.25, 0.3) is 0 Å². The highest BCUT2D eigenvalue weighted by Crippen LogP contribution is 2.33. The van der Waals surface area contributed by atoms with E-state index >= 15 is 0 Å². The maximum absolute atomic E-state index is 6.11. The van der Waals surface area contributed by atoms with Gasteiger partial charge in [0.15, 0.2) is 0 Å². The second kappa shape index (κ2) is 5.16. The fourth-order valence-electron chi connectivity index (χ4n) is 2.93. The molecule has 1 aliphatic heterocycles. The lowest BCUT2D eigenvalue weighted by atomic mass is 10.1. The zero-order valence-electron chi connectivity index (χ0n) is 11.2. The van der Waals surface area contributed by atoms with Crippen LogP contribution >= 0.6 is 0 Å². The van der Waals surface area contributed by atoms with Crippen molar-refractivity contribution < 1.29 is 0 Å². The number of nitrogen functional groups attached to an aromatic ring is 1. The third-order valence-electron chi connectivity index (χ3n) is 3.88. The lowest BCUT2D eigenvalue weighted by molar-refractivity contribution is 0.513. The van der Waals surface area contributed by atoms with E-state index in [1.54, 1.807) is 0 Å². The van der Waals surface area contributed by atoms with Crippen LogP contribution < -0.4 is 22.1 Å². The van der Waals surface area contributed by atoms with Gasteiger partial charge in [0.1, 0.15) is 0 Å². The Labute approximate surface area is 109 Å². The molecule has 0 spiro atoms. The molecule has 1 aromatic rings. The number of nitrogens with two attached hydrogens (primary N) is 3. The number of anilines is 2. The van der Waals surface area contributed by atoms with Gasteiger partial charge in [-0.25, -0.2) is 0 Å². The Morgan fingerprint density at radius 3 is 1.83 bits per heavy atom. The van der Waals surface area contributed by atoms with E-state index < -0.39 is 0 Å².